The summed E-state index contributed by atoms with van der Waals surface area (Å²) in [6, 6.07) is 14.3. The second-order valence-electron chi connectivity index (χ2n) is 9.46. The fourth-order valence-corrected chi connectivity index (χ4v) is 5.96. The highest BCUT2D eigenvalue weighted by Gasteiger charge is 2.44. The van der Waals surface area contributed by atoms with E-state index in [-0.39, 0.29) is 30.1 Å². The van der Waals surface area contributed by atoms with E-state index in [0.29, 0.717) is 13.1 Å². The lowest BCUT2D eigenvalue weighted by Gasteiger charge is -2.51. The molecule has 7 heteroatoms. The molecule has 0 spiro atoms. The number of hydrogen-bond acceptors (Lipinski definition) is 5. The van der Waals surface area contributed by atoms with Crippen LogP contribution in [0.2, 0.25) is 5.02 Å². The van der Waals surface area contributed by atoms with Crippen molar-refractivity contribution in [3.63, 3.8) is 0 Å². The Morgan fingerprint density at radius 3 is 2.52 bits per heavy atom. The van der Waals surface area contributed by atoms with Crippen LogP contribution in [0.4, 0.5) is 11.4 Å². The van der Waals surface area contributed by atoms with Gasteiger partial charge in [-0.2, -0.15) is 0 Å². The van der Waals surface area contributed by atoms with Crippen molar-refractivity contribution in [2.75, 3.05) is 49.6 Å². The monoisotopic (exact) mass is 469 g/mol. The highest BCUT2D eigenvalue weighted by atomic mass is 35.5. The molecule has 1 amide bonds. The number of ether oxygens (including phenoxy) is 2. The van der Waals surface area contributed by atoms with Gasteiger partial charge < -0.3 is 24.2 Å². The van der Waals surface area contributed by atoms with E-state index in [0.717, 1.165) is 42.5 Å². The van der Waals surface area contributed by atoms with Gasteiger partial charge in [-0.3, -0.25) is 4.79 Å². The number of hydrogen-bond donors (Lipinski definition) is 0. The average molecular weight is 470 g/mol. The molecule has 2 aromatic carbocycles. The minimum atomic E-state index is -0.117. The van der Waals surface area contributed by atoms with Crippen molar-refractivity contribution in [3.05, 3.63) is 53.1 Å². The van der Waals surface area contributed by atoms with E-state index in [1.54, 1.807) is 7.11 Å². The lowest BCUT2D eigenvalue weighted by Crippen LogP contribution is -2.62. The van der Waals surface area contributed by atoms with Gasteiger partial charge in [0.25, 0.3) is 0 Å². The van der Waals surface area contributed by atoms with E-state index in [1.165, 1.54) is 11.3 Å². The number of amides is 1. The molecule has 176 valence electrons. The quantitative estimate of drug-likeness (QED) is 0.683. The summed E-state index contributed by atoms with van der Waals surface area (Å²) in [5.74, 6) is 0.963. The molecule has 0 bridgehead atoms. The third-order valence-corrected chi connectivity index (χ3v) is 7.49. The van der Waals surface area contributed by atoms with Crippen LogP contribution >= 0.6 is 11.6 Å². The number of halogens is 1. The van der Waals surface area contributed by atoms with Crippen molar-refractivity contribution >= 4 is 28.9 Å². The Labute approximate surface area is 201 Å². The zero-order valence-corrected chi connectivity index (χ0v) is 20.3. The number of piperazine rings is 1. The van der Waals surface area contributed by atoms with E-state index < -0.39 is 0 Å². The third-order valence-electron chi connectivity index (χ3n) is 7.17. The van der Waals surface area contributed by atoms with Gasteiger partial charge in [0.15, 0.2) is 0 Å². The van der Waals surface area contributed by atoms with Crippen LogP contribution in [0.3, 0.4) is 0 Å². The second kappa shape index (κ2) is 9.07. The number of nitrogens with zero attached hydrogens (tertiary/aromatic N) is 3. The van der Waals surface area contributed by atoms with Crippen LogP contribution in [0.5, 0.6) is 5.75 Å². The smallest absolute Gasteiger partial charge is 0.228 e. The highest BCUT2D eigenvalue weighted by molar-refractivity contribution is 6.33. The largest absolute Gasteiger partial charge is 0.497 e. The van der Waals surface area contributed by atoms with Gasteiger partial charge in [0, 0.05) is 44.5 Å². The molecule has 5 rings (SSSR count). The summed E-state index contributed by atoms with van der Waals surface area (Å²) in [5, 5.41) is 0.752. The van der Waals surface area contributed by atoms with Crippen LogP contribution in [0.15, 0.2) is 42.5 Å². The number of para-hydroxylation sites is 1. The number of morpholine rings is 1. The summed E-state index contributed by atoms with van der Waals surface area (Å²) in [4.78, 5) is 20.7. The first-order valence-electron chi connectivity index (χ1n) is 11.8. The van der Waals surface area contributed by atoms with Gasteiger partial charge in [0.05, 0.1) is 42.0 Å². The maximum Gasteiger partial charge on any atom is 0.228 e. The third kappa shape index (κ3) is 4.26. The molecule has 0 saturated carbocycles. The van der Waals surface area contributed by atoms with Gasteiger partial charge in [-0.15, -0.1) is 0 Å². The summed E-state index contributed by atoms with van der Waals surface area (Å²) < 4.78 is 11.4. The summed E-state index contributed by atoms with van der Waals surface area (Å²) in [6.07, 6.45) is 0.843. The lowest BCUT2D eigenvalue weighted by atomic mass is 9.82. The Morgan fingerprint density at radius 1 is 1.03 bits per heavy atom. The number of fused-ring (bicyclic) bond motifs is 3. The number of rotatable bonds is 3. The molecule has 6 nitrogen and oxygen atoms in total. The van der Waals surface area contributed by atoms with Crippen molar-refractivity contribution in [3.8, 4) is 5.75 Å². The summed E-state index contributed by atoms with van der Waals surface area (Å²) >= 11 is 6.55. The van der Waals surface area contributed by atoms with E-state index in [1.807, 2.05) is 43.0 Å². The Hall–Kier alpha value is -2.44. The molecule has 0 N–H and O–H groups in total. The molecule has 4 atom stereocenters. The number of carbonyl (C=O) groups is 1. The molecule has 0 radical (unpaired) electrons. The van der Waals surface area contributed by atoms with Crippen molar-refractivity contribution in [1.82, 2.24) is 4.90 Å². The molecule has 2 saturated heterocycles. The average Bonchev–Trinajstić information content (AvgIpc) is 2.82. The molecule has 3 aliphatic heterocycles. The fourth-order valence-electron chi connectivity index (χ4n) is 5.71. The van der Waals surface area contributed by atoms with Crippen LogP contribution in [-0.2, 0) is 16.0 Å². The van der Waals surface area contributed by atoms with E-state index in [9.17, 15) is 4.79 Å². The zero-order valence-electron chi connectivity index (χ0n) is 19.5. The molecular formula is C26H32ClN3O3. The molecular weight excluding hydrogens is 438 g/mol. The van der Waals surface area contributed by atoms with E-state index in [4.69, 9.17) is 21.1 Å². The normalized spacial score (nSPS) is 27.1. The first-order chi connectivity index (χ1) is 15.9. The number of benzene rings is 2. The lowest BCUT2D eigenvalue weighted by molar-refractivity contribution is -0.148. The predicted molar refractivity (Wildman–Crippen MR) is 132 cm³/mol. The zero-order chi connectivity index (χ0) is 23.1. The van der Waals surface area contributed by atoms with Crippen LogP contribution in [-0.4, -0.2) is 68.9 Å². The number of anilines is 2. The Morgan fingerprint density at radius 2 is 1.79 bits per heavy atom. The van der Waals surface area contributed by atoms with Crippen molar-refractivity contribution in [2.24, 2.45) is 5.92 Å². The molecule has 0 aliphatic carbocycles. The number of methoxy groups -OCH3 is 1. The minimum absolute atomic E-state index is 0.0555. The molecule has 3 aliphatic rings. The van der Waals surface area contributed by atoms with Gasteiger partial charge in [-0.1, -0.05) is 29.8 Å². The summed E-state index contributed by atoms with van der Waals surface area (Å²) in [6.45, 7) is 7.83. The van der Waals surface area contributed by atoms with E-state index in [2.05, 4.69) is 28.0 Å². The van der Waals surface area contributed by atoms with Crippen LogP contribution in [0.25, 0.3) is 0 Å². The summed E-state index contributed by atoms with van der Waals surface area (Å²) in [5.41, 5.74) is 3.44. The van der Waals surface area contributed by atoms with Crippen molar-refractivity contribution < 1.29 is 14.3 Å². The molecule has 0 aromatic heterocycles. The standard InChI is InChI=1S/C26H32ClN3O3/c1-17-14-29(15-18(2)33-17)26(31)21-12-19-8-9-20(32-3)13-24(19)30-11-10-28(16-25(21)30)23-7-5-4-6-22(23)27/h4-9,13,17-18,21,25H,10-12,14-16H2,1-3H3. The molecule has 2 fully saturated rings. The van der Waals surface area contributed by atoms with Gasteiger partial charge in [0.2, 0.25) is 5.91 Å². The topological polar surface area (TPSA) is 45.2 Å². The minimum Gasteiger partial charge on any atom is -0.497 e. The SMILES string of the molecule is COc1ccc2c(c1)N1CCN(c3ccccc3Cl)CC1C(C(=O)N1CC(C)OC(C)C1)C2. The van der Waals surface area contributed by atoms with Crippen LogP contribution < -0.4 is 14.5 Å². The van der Waals surface area contributed by atoms with Crippen LogP contribution in [0.1, 0.15) is 19.4 Å². The molecule has 3 heterocycles. The Kier molecular flexibility index (Phi) is 6.14. The first kappa shape index (κ1) is 22.4. The molecule has 4 unspecified atom stereocenters. The maximum atomic E-state index is 13.9. The fraction of sp³-hybridized carbons (Fsp3) is 0.500. The Bertz CT molecular complexity index is 1020. The van der Waals surface area contributed by atoms with Gasteiger partial charge in [-0.05, 0) is 44.0 Å². The van der Waals surface area contributed by atoms with Gasteiger partial charge >= 0.3 is 0 Å². The molecule has 33 heavy (non-hydrogen) atoms. The second-order valence-corrected chi connectivity index (χ2v) is 9.87. The first-order valence-corrected chi connectivity index (χ1v) is 12.2. The van der Waals surface area contributed by atoms with Crippen molar-refractivity contribution in [1.29, 1.82) is 0 Å². The van der Waals surface area contributed by atoms with Gasteiger partial charge in [0.1, 0.15) is 5.75 Å². The summed E-state index contributed by atoms with van der Waals surface area (Å²) in [7, 11) is 1.70. The van der Waals surface area contributed by atoms with Gasteiger partial charge in [-0.25, -0.2) is 0 Å². The van der Waals surface area contributed by atoms with Crippen LogP contribution in [0, 0.1) is 5.92 Å². The Balaban J connectivity index is 1.49. The number of carbonyl (C=O) groups excluding carboxylic acids is 1. The predicted octanol–water partition coefficient (Wildman–Crippen LogP) is 3.85. The maximum absolute atomic E-state index is 13.9. The highest BCUT2D eigenvalue weighted by Crippen LogP contribution is 2.40. The van der Waals surface area contributed by atoms with E-state index >= 15 is 0 Å². The molecule has 2 aromatic rings. The van der Waals surface area contributed by atoms with Crippen molar-refractivity contribution in [2.45, 2.75) is 38.5 Å².